The first kappa shape index (κ1) is 18.0. The standard InChI is InChI=1S/C19H16BrNO5/c1-24-16-5-3-11(7-17(16)25-2)10-21-18(22)14-9-12-8-13(20)4-6-15(12)26-19(14)23/h3-9H,10H2,1-2H3,(H,21,22). The van der Waals surface area contributed by atoms with Crippen LogP contribution >= 0.6 is 15.9 Å². The highest BCUT2D eigenvalue weighted by Crippen LogP contribution is 2.27. The van der Waals surface area contributed by atoms with Crippen molar-refractivity contribution in [3.8, 4) is 11.5 Å². The molecule has 1 N–H and O–H groups in total. The van der Waals surface area contributed by atoms with Crippen LogP contribution in [0.2, 0.25) is 0 Å². The molecule has 0 aliphatic carbocycles. The first-order chi connectivity index (χ1) is 12.5. The van der Waals surface area contributed by atoms with Crippen molar-refractivity contribution in [1.82, 2.24) is 5.32 Å². The van der Waals surface area contributed by atoms with Gasteiger partial charge in [0.15, 0.2) is 11.5 Å². The topological polar surface area (TPSA) is 77.8 Å². The van der Waals surface area contributed by atoms with Crippen LogP contribution in [-0.2, 0) is 6.54 Å². The molecule has 1 heterocycles. The second-order valence-electron chi connectivity index (χ2n) is 5.50. The summed E-state index contributed by atoms with van der Waals surface area (Å²) in [5.74, 6) is 0.660. The van der Waals surface area contributed by atoms with Gasteiger partial charge in [0.1, 0.15) is 11.1 Å². The van der Waals surface area contributed by atoms with Crippen LogP contribution in [0, 0.1) is 0 Å². The van der Waals surface area contributed by atoms with Crippen molar-refractivity contribution < 1.29 is 18.7 Å². The lowest BCUT2D eigenvalue weighted by Crippen LogP contribution is -2.27. The van der Waals surface area contributed by atoms with Crippen molar-refractivity contribution in [3.63, 3.8) is 0 Å². The summed E-state index contributed by atoms with van der Waals surface area (Å²) in [7, 11) is 3.09. The van der Waals surface area contributed by atoms with E-state index in [0.717, 1.165) is 10.0 Å². The number of carbonyl (C=O) groups is 1. The molecule has 2 aromatic carbocycles. The molecule has 0 radical (unpaired) electrons. The van der Waals surface area contributed by atoms with Crippen LogP contribution in [0.3, 0.4) is 0 Å². The van der Waals surface area contributed by atoms with Gasteiger partial charge in [-0.1, -0.05) is 22.0 Å². The van der Waals surface area contributed by atoms with E-state index in [0.29, 0.717) is 22.5 Å². The molecule has 0 aliphatic heterocycles. The van der Waals surface area contributed by atoms with Gasteiger partial charge in [0.05, 0.1) is 14.2 Å². The molecule has 0 aliphatic rings. The number of nitrogens with one attached hydrogen (secondary N) is 1. The zero-order chi connectivity index (χ0) is 18.7. The predicted octanol–water partition coefficient (Wildman–Crippen LogP) is 3.50. The van der Waals surface area contributed by atoms with Gasteiger partial charge in [-0.2, -0.15) is 0 Å². The van der Waals surface area contributed by atoms with Crippen molar-refractivity contribution in [2.45, 2.75) is 6.54 Å². The van der Waals surface area contributed by atoms with E-state index in [4.69, 9.17) is 13.9 Å². The molecule has 134 valence electrons. The smallest absolute Gasteiger partial charge is 0.349 e. The molecule has 0 unspecified atom stereocenters. The average Bonchev–Trinajstić information content (AvgIpc) is 2.65. The first-order valence-electron chi connectivity index (χ1n) is 7.74. The number of halogens is 1. The number of fused-ring (bicyclic) bond motifs is 1. The third-order valence-electron chi connectivity index (χ3n) is 3.84. The van der Waals surface area contributed by atoms with E-state index in [1.807, 2.05) is 6.07 Å². The Kier molecular flexibility index (Phi) is 5.27. The van der Waals surface area contributed by atoms with Gasteiger partial charge in [-0.3, -0.25) is 4.79 Å². The summed E-state index contributed by atoms with van der Waals surface area (Å²) >= 11 is 3.36. The molecule has 0 saturated carbocycles. The molecule has 0 fully saturated rings. The fraction of sp³-hybridized carbons (Fsp3) is 0.158. The third-order valence-corrected chi connectivity index (χ3v) is 4.33. The molecule has 1 amide bonds. The van der Waals surface area contributed by atoms with E-state index in [1.165, 1.54) is 6.07 Å². The van der Waals surface area contributed by atoms with Crippen LogP contribution in [0.25, 0.3) is 11.0 Å². The average molecular weight is 418 g/mol. The second-order valence-corrected chi connectivity index (χ2v) is 6.42. The quantitative estimate of drug-likeness (QED) is 0.642. The Balaban J connectivity index is 1.81. The number of ether oxygens (including phenoxy) is 2. The van der Waals surface area contributed by atoms with E-state index in [2.05, 4.69) is 21.2 Å². The van der Waals surface area contributed by atoms with Gasteiger partial charge in [-0.25, -0.2) is 4.79 Å². The van der Waals surface area contributed by atoms with Gasteiger partial charge >= 0.3 is 5.63 Å². The lowest BCUT2D eigenvalue weighted by Gasteiger charge is -2.10. The Morgan fingerprint density at radius 1 is 1.08 bits per heavy atom. The SMILES string of the molecule is COc1ccc(CNC(=O)c2cc3cc(Br)ccc3oc2=O)cc1OC. The molecule has 0 atom stereocenters. The molecular formula is C19H16BrNO5. The van der Waals surface area contributed by atoms with Crippen molar-refractivity contribution in [3.05, 3.63) is 68.5 Å². The lowest BCUT2D eigenvalue weighted by molar-refractivity contribution is 0.0947. The minimum absolute atomic E-state index is 0.0453. The van der Waals surface area contributed by atoms with Crippen molar-refractivity contribution in [2.24, 2.45) is 0 Å². The van der Waals surface area contributed by atoms with Crippen LogP contribution < -0.4 is 20.4 Å². The van der Waals surface area contributed by atoms with Crippen molar-refractivity contribution in [1.29, 1.82) is 0 Å². The Labute approximate surface area is 157 Å². The zero-order valence-corrected chi connectivity index (χ0v) is 15.8. The predicted molar refractivity (Wildman–Crippen MR) is 101 cm³/mol. The number of amides is 1. The minimum Gasteiger partial charge on any atom is -0.493 e. The molecule has 0 saturated heterocycles. The molecule has 26 heavy (non-hydrogen) atoms. The molecule has 0 bridgehead atoms. The van der Waals surface area contributed by atoms with E-state index in [-0.39, 0.29) is 12.1 Å². The Morgan fingerprint density at radius 3 is 2.58 bits per heavy atom. The normalized spacial score (nSPS) is 10.6. The highest BCUT2D eigenvalue weighted by molar-refractivity contribution is 9.10. The van der Waals surface area contributed by atoms with E-state index >= 15 is 0 Å². The lowest BCUT2D eigenvalue weighted by atomic mass is 10.1. The first-order valence-corrected chi connectivity index (χ1v) is 8.53. The molecule has 0 spiro atoms. The van der Waals surface area contributed by atoms with Crippen LogP contribution in [0.5, 0.6) is 11.5 Å². The number of hydrogen-bond donors (Lipinski definition) is 1. The summed E-state index contributed by atoms with van der Waals surface area (Å²) in [6.07, 6.45) is 0. The van der Waals surface area contributed by atoms with Gasteiger partial charge < -0.3 is 19.2 Å². The number of carbonyl (C=O) groups excluding carboxylic acids is 1. The van der Waals surface area contributed by atoms with E-state index in [9.17, 15) is 9.59 Å². The minimum atomic E-state index is -0.676. The summed E-state index contributed by atoms with van der Waals surface area (Å²) < 4.78 is 16.5. The highest BCUT2D eigenvalue weighted by atomic mass is 79.9. The summed E-state index contributed by atoms with van der Waals surface area (Å²) in [5.41, 5.74) is 0.513. The fourth-order valence-corrected chi connectivity index (χ4v) is 2.90. The maximum atomic E-state index is 12.4. The van der Waals surface area contributed by atoms with Crippen LogP contribution in [0.1, 0.15) is 15.9 Å². The molecule has 7 heteroatoms. The molecule has 6 nitrogen and oxygen atoms in total. The fourth-order valence-electron chi connectivity index (χ4n) is 2.52. The van der Waals surface area contributed by atoms with Crippen LogP contribution in [-0.4, -0.2) is 20.1 Å². The molecule has 3 aromatic rings. The monoisotopic (exact) mass is 417 g/mol. The molecule has 1 aromatic heterocycles. The third kappa shape index (κ3) is 3.72. The summed E-state index contributed by atoms with van der Waals surface area (Å²) in [6.45, 7) is 0.231. The summed E-state index contributed by atoms with van der Waals surface area (Å²) in [5, 5.41) is 3.38. The molecular weight excluding hydrogens is 402 g/mol. The highest BCUT2D eigenvalue weighted by Gasteiger charge is 2.14. The van der Waals surface area contributed by atoms with Gasteiger partial charge in [-0.05, 0) is 42.0 Å². The largest absolute Gasteiger partial charge is 0.493 e. The number of hydrogen-bond acceptors (Lipinski definition) is 5. The van der Waals surface area contributed by atoms with Crippen LogP contribution in [0.15, 0.2) is 56.1 Å². The maximum absolute atomic E-state index is 12.4. The van der Waals surface area contributed by atoms with Crippen molar-refractivity contribution in [2.75, 3.05) is 14.2 Å². The Bertz CT molecular complexity index is 1030. The zero-order valence-electron chi connectivity index (χ0n) is 14.2. The van der Waals surface area contributed by atoms with E-state index in [1.54, 1.807) is 44.6 Å². The summed E-state index contributed by atoms with van der Waals surface area (Å²) in [4.78, 5) is 24.5. The van der Waals surface area contributed by atoms with Gasteiger partial charge in [0.2, 0.25) is 0 Å². The Hall–Kier alpha value is -2.80. The molecule has 3 rings (SSSR count). The van der Waals surface area contributed by atoms with Crippen molar-refractivity contribution >= 4 is 32.8 Å². The number of methoxy groups -OCH3 is 2. The second kappa shape index (κ2) is 7.61. The number of benzene rings is 2. The van der Waals surface area contributed by atoms with Crippen LogP contribution in [0.4, 0.5) is 0 Å². The maximum Gasteiger partial charge on any atom is 0.349 e. The summed E-state index contributed by atoms with van der Waals surface area (Å²) in [6, 6.07) is 12.1. The Morgan fingerprint density at radius 2 is 1.85 bits per heavy atom. The van der Waals surface area contributed by atoms with E-state index < -0.39 is 11.5 Å². The van der Waals surface area contributed by atoms with Gasteiger partial charge in [0.25, 0.3) is 5.91 Å². The van der Waals surface area contributed by atoms with Gasteiger partial charge in [0, 0.05) is 16.4 Å². The number of rotatable bonds is 5. The van der Waals surface area contributed by atoms with Gasteiger partial charge in [-0.15, -0.1) is 0 Å².